The van der Waals surface area contributed by atoms with Gasteiger partial charge in [-0.1, -0.05) is 30.3 Å². The van der Waals surface area contributed by atoms with Crippen molar-refractivity contribution in [1.29, 1.82) is 0 Å². The average molecular weight is 313 g/mol. The van der Waals surface area contributed by atoms with E-state index in [1.807, 2.05) is 6.07 Å². The number of aliphatic hydroxyl groups excluding tert-OH is 4. The summed E-state index contributed by atoms with van der Waals surface area (Å²) in [4.78, 5) is 11.7. The molecule has 0 spiro atoms. The van der Waals surface area contributed by atoms with Crippen molar-refractivity contribution in [3.8, 4) is 0 Å². The van der Waals surface area contributed by atoms with Crippen LogP contribution in [0.15, 0.2) is 30.3 Å². The van der Waals surface area contributed by atoms with Crippen LogP contribution in [-0.4, -0.2) is 63.8 Å². The second-order valence-corrected chi connectivity index (χ2v) is 4.96. The van der Waals surface area contributed by atoms with Crippen LogP contribution in [0.3, 0.4) is 0 Å². The van der Waals surface area contributed by atoms with E-state index >= 15 is 0 Å². The van der Waals surface area contributed by atoms with Gasteiger partial charge in [0, 0.05) is 0 Å². The Hall–Kier alpha value is -1.71. The highest BCUT2D eigenvalue weighted by Gasteiger charge is 2.46. The largest absolute Gasteiger partial charge is 0.445 e. The molecular weight excluding hydrogens is 294 g/mol. The van der Waals surface area contributed by atoms with E-state index in [1.54, 1.807) is 24.3 Å². The maximum Gasteiger partial charge on any atom is 0.407 e. The van der Waals surface area contributed by atoms with Gasteiger partial charge in [0.15, 0.2) is 6.29 Å². The van der Waals surface area contributed by atoms with E-state index in [9.17, 15) is 20.1 Å². The fourth-order valence-electron chi connectivity index (χ4n) is 2.18. The second kappa shape index (κ2) is 7.52. The van der Waals surface area contributed by atoms with E-state index in [2.05, 4.69) is 5.32 Å². The topological polar surface area (TPSA) is 128 Å². The van der Waals surface area contributed by atoms with Crippen molar-refractivity contribution in [3.63, 3.8) is 0 Å². The molecule has 1 saturated heterocycles. The summed E-state index contributed by atoms with van der Waals surface area (Å²) >= 11 is 0. The average Bonchev–Trinajstić information content (AvgIpc) is 2.81. The molecule has 1 aliphatic rings. The molecule has 1 fully saturated rings. The highest BCUT2D eigenvalue weighted by molar-refractivity contribution is 5.67. The van der Waals surface area contributed by atoms with Crippen molar-refractivity contribution in [2.45, 2.75) is 37.3 Å². The van der Waals surface area contributed by atoms with Gasteiger partial charge in [0.1, 0.15) is 31.0 Å². The first-order valence-corrected chi connectivity index (χ1v) is 6.80. The summed E-state index contributed by atoms with van der Waals surface area (Å²) in [6, 6.07) is 7.84. The summed E-state index contributed by atoms with van der Waals surface area (Å²) in [5.74, 6) is 0. The van der Waals surface area contributed by atoms with Crippen LogP contribution in [0.25, 0.3) is 0 Å². The quantitative estimate of drug-likeness (QED) is 0.457. The van der Waals surface area contributed by atoms with E-state index in [-0.39, 0.29) is 6.61 Å². The summed E-state index contributed by atoms with van der Waals surface area (Å²) in [6.07, 6.45) is -6.28. The lowest BCUT2D eigenvalue weighted by Gasteiger charge is -2.20. The van der Waals surface area contributed by atoms with E-state index in [1.165, 1.54) is 0 Å². The molecule has 5 N–H and O–H groups in total. The molecule has 22 heavy (non-hydrogen) atoms. The second-order valence-electron chi connectivity index (χ2n) is 4.96. The van der Waals surface area contributed by atoms with E-state index < -0.39 is 43.3 Å². The van der Waals surface area contributed by atoms with Crippen LogP contribution in [-0.2, 0) is 16.1 Å². The maximum atomic E-state index is 11.7. The lowest BCUT2D eigenvalue weighted by atomic mass is 10.0. The molecule has 8 heteroatoms. The zero-order valence-corrected chi connectivity index (χ0v) is 11.7. The minimum absolute atomic E-state index is 0.0368. The molecular formula is C14H19NO7. The highest BCUT2D eigenvalue weighted by Crippen LogP contribution is 2.22. The molecule has 1 heterocycles. The van der Waals surface area contributed by atoms with Gasteiger partial charge in [-0.3, -0.25) is 0 Å². The number of ether oxygens (including phenoxy) is 2. The normalized spacial score (nSPS) is 29.1. The fraction of sp³-hybridized carbons (Fsp3) is 0.500. The third-order valence-corrected chi connectivity index (χ3v) is 3.37. The third-order valence-electron chi connectivity index (χ3n) is 3.37. The molecule has 5 atom stereocenters. The molecule has 0 radical (unpaired) electrons. The predicted molar refractivity (Wildman–Crippen MR) is 73.5 cm³/mol. The first-order valence-electron chi connectivity index (χ1n) is 6.80. The first kappa shape index (κ1) is 16.7. The van der Waals surface area contributed by atoms with Gasteiger partial charge in [-0.05, 0) is 5.56 Å². The summed E-state index contributed by atoms with van der Waals surface area (Å²) in [5, 5.41) is 40.2. The number of alkyl carbamates (subject to hydrolysis) is 1. The standard InChI is InChI=1S/C14H19NO7/c16-6-9(17)12-11(18)10(13(19)22-12)15-14(20)21-7-8-4-2-1-3-5-8/h1-5,9-13,16-19H,6-7H2,(H,15,20)/t9-,10-,11-,12-,13-/m1/s1. The van der Waals surface area contributed by atoms with Gasteiger partial charge in [-0.2, -0.15) is 0 Å². The van der Waals surface area contributed by atoms with Crippen LogP contribution in [0.4, 0.5) is 4.79 Å². The number of carbonyl (C=O) groups is 1. The Kier molecular flexibility index (Phi) is 5.69. The number of nitrogens with one attached hydrogen (secondary N) is 1. The van der Waals surface area contributed by atoms with Gasteiger partial charge in [0.25, 0.3) is 0 Å². The van der Waals surface area contributed by atoms with Gasteiger partial charge in [0.2, 0.25) is 0 Å². The lowest BCUT2D eigenvalue weighted by molar-refractivity contribution is -0.139. The Bertz CT molecular complexity index is 483. The van der Waals surface area contributed by atoms with Gasteiger partial charge in [-0.15, -0.1) is 0 Å². The molecule has 8 nitrogen and oxygen atoms in total. The van der Waals surface area contributed by atoms with Gasteiger partial charge >= 0.3 is 6.09 Å². The number of hydrogen-bond donors (Lipinski definition) is 5. The maximum absolute atomic E-state index is 11.7. The molecule has 1 aliphatic heterocycles. The number of hydrogen-bond acceptors (Lipinski definition) is 7. The highest BCUT2D eigenvalue weighted by atomic mass is 16.6. The molecule has 1 aromatic carbocycles. The third kappa shape index (κ3) is 3.93. The molecule has 0 aromatic heterocycles. The van der Waals surface area contributed by atoms with Crippen LogP contribution < -0.4 is 5.32 Å². The minimum Gasteiger partial charge on any atom is -0.445 e. The van der Waals surface area contributed by atoms with E-state index in [0.717, 1.165) is 5.56 Å². The molecule has 0 bridgehead atoms. The Labute approximate surface area is 126 Å². The summed E-state index contributed by atoms with van der Waals surface area (Å²) in [5.41, 5.74) is 0.787. The smallest absolute Gasteiger partial charge is 0.407 e. The molecule has 122 valence electrons. The van der Waals surface area contributed by atoms with Crippen molar-refractivity contribution in [1.82, 2.24) is 5.32 Å². The molecule has 0 unspecified atom stereocenters. The number of amides is 1. The van der Waals surface area contributed by atoms with Gasteiger partial charge < -0.3 is 35.2 Å². The SMILES string of the molecule is O=C(N[C@@H]1[C@@H](O)[C@@H]([C@H](O)CO)O[C@H]1O)OCc1ccccc1. The molecule has 1 aromatic rings. The molecule has 1 amide bonds. The zero-order chi connectivity index (χ0) is 16.1. The van der Waals surface area contributed by atoms with Crippen LogP contribution in [0, 0.1) is 0 Å². The van der Waals surface area contributed by atoms with Crippen molar-refractivity contribution < 1.29 is 34.7 Å². The van der Waals surface area contributed by atoms with Crippen LogP contribution in [0.2, 0.25) is 0 Å². The number of aliphatic hydroxyl groups is 4. The summed E-state index contributed by atoms with van der Waals surface area (Å²) < 4.78 is 9.90. The zero-order valence-electron chi connectivity index (χ0n) is 11.7. The first-order chi connectivity index (χ1) is 10.5. The van der Waals surface area contributed by atoms with Crippen molar-refractivity contribution in [2.24, 2.45) is 0 Å². The Morgan fingerprint density at radius 2 is 2.00 bits per heavy atom. The Balaban J connectivity index is 1.85. The van der Waals surface area contributed by atoms with E-state index in [4.69, 9.17) is 14.6 Å². The van der Waals surface area contributed by atoms with Crippen molar-refractivity contribution in [3.05, 3.63) is 35.9 Å². The minimum atomic E-state index is -1.51. The number of benzene rings is 1. The molecule has 0 aliphatic carbocycles. The van der Waals surface area contributed by atoms with Gasteiger partial charge in [-0.25, -0.2) is 4.79 Å². The fourth-order valence-corrected chi connectivity index (χ4v) is 2.18. The molecule has 0 saturated carbocycles. The Morgan fingerprint density at radius 1 is 1.32 bits per heavy atom. The van der Waals surface area contributed by atoms with Crippen LogP contribution in [0.5, 0.6) is 0 Å². The lowest BCUT2D eigenvalue weighted by Crippen LogP contribution is -2.49. The number of rotatable bonds is 5. The van der Waals surface area contributed by atoms with Crippen molar-refractivity contribution in [2.75, 3.05) is 6.61 Å². The van der Waals surface area contributed by atoms with E-state index in [0.29, 0.717) is 0 Å². The predicted octanol–water partition coefficient (Wildman–Crippen LogP) is -1.29. The molecule has 2 rings (SSSR count). The van der Waals surface area contributed by atoms with Crippen LogP contribution in [0.1, 0.15) is 5.56 Å². The Morgan fingerprint density at radius 3 is 2.64 bits per heavy atom. The monoisotopic (exact) mass is 313 g/mol. The summed E-state index contributed by atoms with van der Waals surface area (Å²) in [7, 11) is 0. The number of carbonyl (C=O) groups excluding carboxylic acids is 1. The van der Waals surface area contributed by atoms with Gasteiger partial charge in [0.05, 0.1) is 6.61 Å². The van der Waals surface area contributed by atoms with Crippen LogP contribution >= 0.6 is 0 Å². The summed E-state index contributed by atoms with van der Waals surface area (Å²) in [6.45, 7) is -0.602. The van der Waals surface area contributed by atoms with Crippen molar-refractivity contribution >= 4 is 6.09 Å².